The fourth-order valence-corrected chi connectivity index (χ4v) is 7.99. The van der Waals surface area contributed by atoms with Crippen molar-refractivity contribution in [1.82, 2.24) is 0 Å². The number of hydrogen-bond acceptors (Lipinski definition) is 2. The van der Waals surface area contributed by atoms with Crippen molar-refractivity contribution in [2.45, 2.75) is 0 Å². The van der Waals surface area contributed by atoms with Gasteiger partial charge in [0, 0.05) is 39.0 Å². The standard InChI is InChI=1S/C52H35NO/c1-4-16-36(17-5-1)43-22-10-11-23-44(43)37-28-32-41(33-29-37)53(40-20-8-3-9-21-40)42-34-30-39(31-35-42)51-49(38-18-6-2-7-19-38)50-47-26-14-12-24-45(47)46-25-13-15-27-48(46)52(50)54-51/h1-35H. The Kier molecular flexibility index (Phi) is 7.85. The SMILES string of the molecule is c1ccc(-c2ccccc2-c2ccc(N(c3ccccc3)c3ccc(-c4oc5c6ccccc6c6ccccc6c5c4-c4ccccc4)cc3)cc2)cc1. The van der Waals surface area contributed by atoms with Crippen LogP contribution in [0.4, 0.5) is 17.1 Å². The third kappa shape index (κ3) is 5.44. The molecule has 10 rings (SSSR count). The third-order valence-corrected chi connectivity index (χ3v) is 10.5. The molecule has 0 saturated heterocycles. The molecule has 1 aromatic heterocycles. The Balaban J connectivity index is 1.10. The molecule has 54 heavy (non-hydrogen) atoms. The van der Waals surface area contributed by atoms with E-state index < -0.39 is 0 Å². The van der Waals surface area contributed by atoms with Gasteiger partial charge in [-0.25, -0.2) is 0 Å². The molecule has 0 aliphatic carbocycles. The molecule has 0 fully saturated rings. The van der Waals surface area contributed by atoms with Crippen molar-refractivity contribution in [1.29, 1.82) is 0 Å². The molecule has 10 aromatic rings. The summed E-state index contributed by atoms with van der Waals surface area (Å²) < 4.78 is 7.01. The van der Waals surface area contributed by atoms with E-state index in [2.05, 4.69) is 217 Å². The predicted molar refractivity (Wildman–Crippen MR) is 228 cm³/mol. The Bertz CT molecular complexity index is 2890. The number of nitrogens with zero attached hydrogens (tertiary/aromatic N) is 1. The van der Waals surface area contributed by atoms with Crippen molar-refractivity contribution < 1.29 is 4.42 Å². The monoisotopic (exact) mass is 689 g/mol. The first kappa shape index (κ1) is 31.6. The van der Waals surface area contributed by atoms with Crippen molar-refractivity contribution in [2.75, 3.05) is 4.90 Å². The van der Waals surface area contributed by atoms with Crippen molar-refractivity contribution in [3.63, 3.8) is 0 Å². The number of anilines is 3. The molecule has 1 heterocycles. The zero-order chi connectivity index (χ0) is 35.8. The lowest BCUT2D eigenvalue weighted by atomic mass is 9.92. The van der Waals surface area contributed by atoms with Crippen LogP contribution in [-0.2, 0) is 0 Å². The molecule has 254 valence electrons. The Morgan fingerprint density at radius 2 is 0.704 bits per heavy atom. The van der Waals surface area contributed by atoms with Crippen LogP contribution < -0.4 is 4.90 Å². The number of furan rings is 1. The molecule has 0 atom stereocenters. The van der Waals surface area contributed by atoms with Crippen LogP contribution in [0.1, 0.15) is 0 Å². The lowest BCUT2D eigenvalue weighted by Gasteiger charge is -2.26. The highest BCUT2D eigenvalue weighted by molar-refractivity contribution is 6.28. The fourth-order valence-electron chi connectivity index (χ4n) is 7.99. The van der Waals surface area contributed by atoms with Gasteiger partial charge in [0.1, 0.15) is 11.3 Å². The van der Waals surface area contributed by atoms with E-state index in [0.29, 0.717) is 0 Å². The van der Waals surface area contributed by atoms with Crippen LogP contribution >= 0.6 is 0 Å². The largest absolute Gasteiger partial charge is 0.455 e. The minimum Gasteiger partial charge on any atom is -0.455 e. The van der Waals surface area contributed by atoms with Crippen LogP contribution in [0.15, 0.2) is 217 Å². The molecule has 0 spiro atoms. The van der Waals surface area contributed by atoms with Gasteiger partial charge in [-0.05, 0) is 92.5 Å². The maximum Gasteiger partial charge on any atom is 0.143 e. The first-order valence-corrected chi connectivity index (χ1v) is 18.4. The van der Waals surface area contributed by atoms with E-state index in [-0.39, 0.29) is 0 Å². The molecule has 2 heteroatoms. The zero-order valence-corrected chi connectivity index (χ0v) is 29.6. The molecule has 0 aliphatic heterocycles. The summed E-state index contributed by atoms with van der Waals surface area (Å²) in [5.41, 5.74) is 12.3. The molecule has 9 aromatic carbocycles. The van der Waals surface area contributed by atoms with Gasteiger partial charge in [0.25, 0.3) is 0 Å². The Labute approximate surface area is 314 Å². The van der Waals surface area contributed by atoms with Crippen LogP contribution in [0, 0.1) is 0 Å². The molecule has 2 nitrogen and oxygen atoms in total. The van der Waals surface area contributed by atoms with Gasteiger partial charge in [-0.2, -0.15) is 0 Å². The lowest BCUT2D eigenvalue weighted by molar-refractivity contribution is 0.636. The topological polar surface area (TPSA) is 16.4 Å². The highest BCUT2D eigenvalue weighted by Gasteiger charge is 2.23. The maximum absolute atomic E-state index is 7.01. The van der Waals surface area contributed by atoms with Crippen molar-refractivity contribution in [2.24, 2.45) is 0 Å². The third-order valence-electron chi connectivity index (χ3n) is 10.5. The minimum absolute atomic E-state index is 0.872. The first-order valence-electron chi connectivity index (χ1n) is 18.4. The summed E-state index contributed by atoms with van der Waals surface area (Å²) in [6.45, 7) is 0. The van der Waals surface area contributed by atoms with E-state index in [9.17, 15) is 0 Å². The van der Waals surface area contributed by atoms with Gasteiger partial charge in [0.15, 0.2) is 0 Å². The zero-order valence-electron chi connectivity index (χ0n) is 29.6. The van der Waals surface area contributed by atoms with Gasteiger partial charge in [-0.3, -0.25) is 0 Å². The van der Waals surface area contributed by atoms with Gasteiger partial charge in [-0.15, -0.1) is 0 Å². The number of benzene rings is 9. The summed E-state index contributed by atoms with van der Waals surface area (Å²) in [6.07, 6.45) is 0. The summed E-state index contributed by atoms with van der Waals surface area (Å²) in [5.74, 6) is 0.872. The average molecular weight is 690 g/mol. The molecule has 0 saturated carbocycles. The highest BCUT2D eigenvalue weighted by Crippen LogP contribution is 2.48. The Morgan fingerprint density at radius 1 is 0.296 bits per heavy atom. The van der Waals surface area contributed by atoms with Gasteiger partial charge in [0.05, 0.1) is 0 Å². The van der Waals surface area contributed by atoms with E-state index in [1.807, 2.05) is 0 Å². The second kappa shape index (κ2) is 13.4. The first-order chi connectivity index (χ1) is 26.8. The Hall–Kier alpha value is -7.16. The van der Waals surface area contributed by atoms with E-state index in [0.717, 1.165) is 55.9 Å². The number of para-hydroxylation sites is 1. The Morgan fingerprint density at radius 3 is 1.30 bits per heavy atom. The molecule has 0 unspecified atom stereocenters. The summed E-state index contributed by atoms with van der Waals surface area (Å²) in [7, 11) is 0. The van der Waals surface area contributed by atoms with Crippen molar-refractivity contribution in [3.05, 3.63) is 212 Å². The summed E-state index contributed by atoms with van der Waals surface area (Å²) >= 11 is 0. The molecular weight excluding hydrogens is 655 g/mol. The number of hydrogen-bond donors (Lipinski definition) is 0. The summed E-state index contributed by atoms with van der Waals surface area (Å²) in [4.78, 5) is 2.31. The smallest absolute Gasteiger partial charge is 0.143 e. The van der Waals surface area contributed by atoms with Gasteiger partial charge in [-0.1, -0.05) is 164 Å². The van der Waals surface area contributed by atoms with Crippen molar-refractivity contribution in [3.8, 4) is 44.7 Å². The van der Waals surface area contributed by atoms with Gasteiger partial charge < -0.3 is 9.32 Å². The minimum atomic E-state index is 0.872. The van der Waals surface area contributed by atoms with E-state index in [4.69, 9.17) is 4.42 Å². The van der Waals surface area contributed by atoms with Crippen LogP contribution in [0.2, 0.25) is 0 Å². The molecular formula is C52H35NO. The van der Waals surface area contributed by atoms with Crippen LogP contribution in [-0.4, -0.2) is 0 Å². The maximum atomic E-state index is 7.01. The number of fused-ring (bicyclic) bond motifs is 6. The fraction of sp³-hybridized carbons (Fsp3) is 0. The average Bonchev–Trinajstić information content (AvgIpc) is 3.67. The predicted octanol–water partition coefficient (Wildman–Crippen LogP) is 14.9. The highest BCUT2D eigenvalue weighted by atomic mass is 16.3. The van der Waals surface area contributed by atoms with Crippen LogP contribution in [0.5, 0.6) is 0 Å². The molecule has 0 N–H and O–H groups in total. The second-order valence-electron chi connectivity index (χ2n) is 13.6. The van der Waals surface area contributed by atoms with E-state index >= 15 is 0 Å². The normalized spacial score (nSPS) is 11.3. The lowest BCUT2D eigenvalue weighted by Crippen LogP contribution is -2.09. The number of rotatable bonds is 7. The van der Waals surface area contributed by atoms with Crippen molar-refractivity contribution >= 4 is 49.6 Å². The van der Waals surface area contributed by atoms with Gasteiger partial charge >= 0.3 is 0 Å². The molecule has 0 bridgehead atoms. The van der Waals surface area contributed by atoms with E-state index in [1.54, 1.807) is 0 Å². The van der Waals surface area contributed by atoms with E-state index in [1.165, 1.54) is 38.4 Å². The summed E-state index contributed by atoms with van der Waals surface area (Å²) in [6, 6.07) is 75.5. The molecule has 0 amide bonds. The molecule has 0 aliphatic rings. The van der Waals surface area contributed by atoms with Crippen LogP contribution in [0.25, 0.3) is 77.2 Å². The molecule has 0 radical (unpaired) electrons. The summed E-state index contributed by atoms with van der Waals surface area (Å²) in [5, 5.41) is 5.89. The quantitative estimate of drug-likeness (QED) is 0.155. The van der Waals surface area contributed by atoms with Gasteiger partial charge in [0.2, 0.25) is 0 Å². The van der Waals surface area contributed by atoms with Crippen LogP contribution in [0.3, 0.4) is 0 Å². The second-order valence-corrected chi connectivity index (χ2v) is 13.6.